The van der Waals surface area contributed by atoms with E-state index in [1.54, 1.807) is 23.5 Å². The molecular formula is C17H23FN2S. The largest absolute Gasteiger partial charge is 0.370 e. The van der Waals surface area contributed by atoms with Crippen molar-refractivity contribution in [3.05, 3.63) is 52.0 Å². The van der Waals surface area contributed by atoms with Crippen LogP contribution >= 0.6 is 11.3 Å². The molecule has 0 amide bonds. The van der Waals surface area contributed by atoms with Crippen molar-refractivity contribution in [1.82, 2.24) is 5.32 Å². The summed E-state index contributed by atoms with van der Waals surface area (Å²) in [5.74, 6) is -0.138. The second-order valence-electron chi connectivity index (χ2n) is 5.34. The summed E-state index contributed by atoms with van der Waals surface area (Å²) in [7, 11) is 2.02. The van der Waals surface area contributed by atoms with Crippen molar-refractivity contribution < 1.29 is 4.39 Å². The van der Waals surface area contributed by atoms with Gasteiger partial charge in [0.15, 0.2) is 0 Å². The first-order valence-electron chi connectivity index (χ1n) is 7.37. The van der Waals surface area contributed by atoms with Gasteiger partial charge in [-0.2, -0.15) is 11.3 Å². The van der Waals surface area contributed by atoms with E-state index < -0.39 is 0 Å². The lowest BCUT2D eigenvalue weighted by Crippen LogP contribution is -2.25. The molecule has 0 bridgehead atoms. The number of hydrogen-bond donors (Lipinski definition) is 1. The number of hydrogen-bond acceptors (Lipinski definition) is 3. The van der Waals surface area contributed by atoms with Gasteiger partial charge in [0.05, 0.1) is 0 Å². The standard InChI is InChI=1S/C17H23FN2S/c1-4-9-19-13(2)17-15(18)6-5-7-16(17)20(3)11-14-8-10-21-12-14/h5-8,10,12-13,19H,4,9,11H2,1-3H3. The summed E-state index contributed by atoms with van der Waals surface area (Å²) in [4.78, 5) is 2.12. The van der Waals surface area contributed by atoms with E-state index in [1.807, 2.05) is 20.0 Å². The van der Waals surface area contributed by atoms with E-state index in [2.05, 4.69) is 34.0 Å². The molecule has 2 nitrogen and oxygen atoms in total. The first-order valence-corrected chi connectivity index (χ1v) is 8.31. The van der Waals surface area contributed by atoms with E-state index in [4.69, 9.17) is 0 Å². The highest BCUT2D eigenvalue weighted by atomic mass is 32.1. The van der Waals surface area contributed by atoms with E-state index in [-0.39, 0.29) is 11.9 Å². The molecular weight excluding hydrogens is 283 g/mol. The molecule has 0 radical (unpaired) electrons. The van der Waals surface area contributed by atoms with Crippen LogP contribution in [0.3, 0.4) is 0 Å². The normalized spacial score (nSPS) is 12.4. The van der Waals surface area contributed by atoms with Gasteiger partial charge in [0.2, 0.25) is 0 Å². The summed E-state index contributed by atoms with van der Waals surface area (Å²) in [6, 6.07) is 7.44. The molecule has 1 heterocycles. The zero-order valence-electron chi connectivity index (χ0n) is 12.9. The maximum absolute atomic E-state index is 14.3. The third-order valence-electron chi connectivity index (χ3n) is 3.57. The Hall–Kier alpha value is -1.39. The maximum Gasteiger partial charge on any atom is 0.130 e. The van der Waals surface area contributed by atoms with Gasteiger partial charge in [-0.1, -0.05) is 13.0 Å². The molecule has 2 rings (SSSR count). The van der Waals surface area contributed by atoms with Crippen molar-refractivity contribution in [2.45, 2.75) is 32.9 Å². The fourth-order valence-electron chi connectivity index (χ4n) is 2.49. The van der Waals surface area contributed by atoms with Crippen LogP contribution in [0.15, 0.2) is 35.0 Å². The molecule has 0 saturated carbocycles. The lowest BCUT2D eigenvalue weighted by molar-refractivity contribution is 0.527. The highest BCUT2D eigenvalue weighted by Crippen LogP contribution is 2.29. The quantitative estimate of drug-likeness (QED) is 0.805. The number of thiophene rings is 1. The number of nitrogens with zero attached hydrogens (tertiary/aromatic N) is 1. The second-order valence-corrected chi connectivity index (χ2v) is 6.12. The average molecular weight is 306 g/mol. The molecule has 0 spiro atoms. The third kappa shape index (κ3) is 4.05. The van der Waals surface area contributed by atoms with Crippen molar-refractivity contribution >= 4 is 17.0 Å². The topological polar surface area (TPSA) is 15.3 Å². The number of rotatable bonds is 7. The molecule has 114 valence electrons. The predicted octanol–water partition coefficient (Wildman–Crippen LogP) is 4.58. The van der Waals surface area contributed by atoms with Crippen LogP contribution in [-0.2, 0) is 6.54 Å². The number of halogens is 1. The van der Waals surface area contributed by atoms with Crippen LogP contribution in [0.2, 0.25) is 0 Å². The van der Waals surface area contributed by atoms with Gasteiger partial charge in [-0.15, -0.1) is 0 Å². The van der Waals surface area contributed by atoms with Crippen LogP contribution in [0.1, 0.15) is 37.4 Å². The van der Waals surface area contributed by atoms with Crippen LogP contribution in [-0.4, -0.2) is 13.6 Å². The summed E-state index contributed by atoms with van der Waals surface area (Å²) in [5.41, 5.74) is 2.97. The zero-order valence-corrected chi connectivity index (χ0v) is 13.7. The Morgan fingerprint density at radius 3 is 2.81 bits per heavy atom. The van der Waals surface area contributed by atoms with Crippen LogP contribution < -0.4 is 10.2 Å². The second kappa shape index (κ2) is 7.57. The Labute approximate surface area is 130 Å². The van der Waals surface area contributed by atoms with Crippen molar-refractivity contribution in [1.29, 1.82) is 0 Å². The van der Waals surface area contributed by atoms with Gasteiger partial charge in [-0.3, -0.25) is 0 Å². The Balaban J connectivity index is 2.23. The first-order chi connectivity index (χ1) is 10.1. The summed E-state index contributed by atoms with van der Waals surface area (Å²) in [5, 5.41) is 7.58. The molecule has 0 aliphatic carbocycles. The first kappa shape index (κ1) is 16.0. The van der Waals surface area contributed by atoms with Crippen molar-refractivity contribution in [3.8, 4) is 0 Å². The predicted molar refractivity (Wildman–Crippen MR) is 89.5 cm³/mol. The monoisotopic (exact) mass is 306 g/mol. The van der Waals surface area contributed by atoms with Gasteiger partial charge in [0, 0.05) is 30.9 Å². The minimum atomic E-state index is -0.138. The van der Waals surface area contributed by atoms with Crippen LogP contribution in [0.5, 0.6) is 0 Å². The highest BCUT2D eigenvalue weighted by molar-refractivity contribution is 7.07. The van der Waals surface area contributed by atoms with E-state index >= 15 is 0 Å². The van der Waals surface area contributed by atoms with E-state index in [0.29, 0.717) is 0 Å². The fraction of sp³-hybridized carbons (Fsp3) is 0.412. The molecule has 1 aromatic carbocycles. The Morgan fingerprint density at radius 1 is 1.33 bits per heavy atom. The number of benzene rings is 1. The fourth-order valence-corrected chi connectivity index (χ4v) is 3.15. The highest BCUT2D eigenvalue weighted by Gasteiger charge is 2.17. The number of anilines is 1. The van der Waals surface area contributed by atoms with E-state index in [0.717, 1.165) is 30.8 Å². The van der Waals surface area contributed by atoms with Crippen LogP contribution in [0.25, 0.3) is 0 Å². The third-order valence-corrected chi connectivity index (χ3v) is 4.31. The van der Waals surface area contributed by atoms with Crippen LogP contribution in [0.4, 0.5) is 10.1 Å². The molecule has 4 heteroatoms. The Kier molecular flexibility index (Phi) is 5.76. The average Bonchev–Trinajstić information content (AvgIpc) is 2.97. The van der Waals surface area contributed by atoms with Gasteiger partial charge in [-0.05, 0) is 54.4 Å². The summed E-state index contributed by atoms with van der Waals surface area (Å²) < 4.78 is 14.3. The van der Waals surface area contributed by atoms with Gasteiger partial charge in [0.25, 0.3) is 0 Å². The lowest BCUT2D eigenvalue weighted by Gasteiger charge is -2.26. The van der Waals surface area contributed by atoms with Gasteiger partial charge < -0.3 is 10.2 Å². The lowest BCUT2D eigenvalue weighted by atomic mass is 10.0. The van der Waals surface area contributed by atoms with E-state index in [9.17, 15) is 4.39 Å². The number of nitrogens with one attached hydrogen (secondary N) is 1. The minimum absolute atomic E-state index is 0.00562. The summed E-state index contributed by atoms with van der Waals surface area (Å²) in [6.07, 6.45) is 1.04. The van der Waals surface area contributed by atoms with Crippen LogP contribution in [0, 0.1) is 5.82 Å². The summed E-state index contributed by atoms with van der Waals surface area (Å²) in [6.45, 7) is 5.82. The molecule has 1 aromatic heterocycles. The summed E-state index contributed by atoms with van der Waals surface area (Å²) >= 11 is 1.69. The zero-order chi connectivity index (χ0) is 15.2. The smallest absolute Gasteiger partial charge is 0.130 e. The van der Waals surface area contributed by atoms with Gasteiger partial charge in [-0.25, -0.2) is 4.39 Å². The van der Waals surface area contributed by atoms with Crippen molar-refractivity contribution in [2.24, 2.45) is 0 Å². The van der Waals surface area contributed by atoms with E-state index in [1.165, 1.54) is 5.56 Å². The minimum Gasteiger partial charge on any atom is -0.370 e. The molecule has 0 aliphatic heterocycles. The molecule has 0 fully saturated rings. The molecule has 1 unspecified atom stereocenters. The molecule has 1 atom stereocenters. The molecule has 2 aromatic rings. The molecule has 1 N–H and O–H groups in total. The SMILES string of the molecule is CCCNC(C)c1c(F)cccc1N(C)Cc1ccsc1. The molecule has 0 saturated heterocycles. The van der Waals surface area contributed by atoms with Gasteiger partial charge >= 0.3 is 0 Å². The van der Waals surface area contributed by atoms with Crippen molar-refractivity contribution in [3.63, 3.8) is 0 Å². The van der Waals surface area contributed by atoms with Gasteiger partial charge in [0.1, 0.15) is 5.82 Å². The Bertz CT molecular complexity index is 554. The molecule has 21 heavy (non-hydrogen) atoms. The Morgan fingerprint density at radius 2 is 2.14 bits per heavy atom. The maximum atomic E-state index is 14.3. The van der Waals surface area contributed by atoms with Crippen molar-refractivity contribution in [2.75, 3.05) is 18.5 Å². The molecule has 0 aliphatic rings.